The molecule has 0 saturated carbocycles. The van der Waals surface area contributed by atoms with Crippen LogP contribution in [-0.4, -0.2) is 5.11 Å². The molecule has 3 aromatic carbocycles. The molecule has 1 radical (unpaired) electrons. The summed E-state index contributed by atoms with van der Waals surface area (Å²) in [6, 6.07) is 19.0. The van der Waals surface area contributed by atoms with Crippen molar-refractivity contribution in [2.24, 2.45) is 10.2 Å². The Bertz CT molecular complexity index is 779. The number of fused-ring (bicyclic) bond motifs is 1. The number of nitrogen functional groups attached to an aromatic ring is 1. The second-order valence-electron chi connectivity index (χ2n) is 4.37. The molecule has 0 amide bonds. The minimum Gasteiger partial charge on any atom is -0.506 e. The minimum absolute atomic E-state index is 0.0938. The quantitative estimate of drug-likeness (QED) is 0.532. The highest BCUT2D eigenvalue weighted by Gasteiger charge is 2.05. The number of rotatable bonds is 2. The summed E-state index contributed by atoms with van der Waals surface area (Å²) in [5, 5.41) is 20.0. The van der Waals surface area contributed by atoms with Gasteiger partial charge in [-0.2, -0.15) is 5.11 Å². The predicted octanol–water partition coefficient (Wildman–Crippen LogP) is 4.34. The normalized spacial score (nSPS) is 11.2. The summed E-state index contributed by atoms with van der Waals surface area (Å²) >= 11 is 0. The van der Waals surface area contributed by atoms with E-state index in [1.165, 1.54) is 0 Å². The molecular weight excluding hydrogens is 250 g/mol. The summed E-state index contributed by atoms with van der Waals surface area (Å²) in [4.78, 5) is 0. The van der Waals surface area contributed by atoms with Crippen molar-refractivity contribution >= 4 is 27.8 Å². The number of aromatic hydroxyl groups is 1. The topological polar surface area (TPSA) is 71.0 Å². The smallest absolute Gasteiger partial charge is 0.143 e. The Hall–Kier alpha value is -2.88. The Labute approximate surface area is 116 Å². The third-order valence-corrected chi connectivity index (χ3v) is 2.97. The van der Waals surface area contributed by atoms with Gasteiger partial charge in [-0.1, -0.05) is 18.2 Å². The second kappa shape index (κ2) is 5.01. The second-order valence-corrected chi connectivity index (χ2v) is 4.37. The van der Waals surface area contributed by atoms with Gasteiger partial charge in [0.2, 0.25) is 0 Å². The van der Waals surface area contributed by atoms with Crippen LogP contribution in [0.5, 0.6) is 5.75 Å². The summed E-state index contributed by atoms with van der Waals surface area (Å²) in [7, 11) is 0. The summed E-state index contributed by atoms with van der Waals surface area (Å²) in [6.07, 6.45) is 0. The van der Waals surface area contributed by atoms with E-state index in [-0.39, 0.29) is 5.75 Å². The lowest BCUT2D eigenvalue weighted by atomic mass is 10.1. The number of anilines is 1. The highest BCUT2D eigenvalue weighted by Crippen LogP contribution is 2.35. The third kappa shape index (κ3) is 2.31. The molecule has 3 N–H and O–H groups in total. The Balaban J connectivity index is 2.06. The molecule has 4 heteroatoms. The van der Waals surface area contributed by atoms with E-state index in [2.05, 4.69) is 16.3 Å². The Kier molecular flexibility index (Phi) is 3.05. The van der Waals surface area contributed by atoms with E-state index in [4.69, 9.17) is 5.73 Å². The van der Waals surface area contributed by atoms with Gasteiger partial charge in [-0.05, 0) is 47.9 Å². The van der Waals surface area contributed by atoms with Crippen molar-refractivity contribution in [1.82, 2.24) is 0 Å². The van der Waals surface area contributed by atoms with Crippen LogP contribution in [0, 0.1) is 6.07 Å². The molecule has 0 heterocycles. The van der Waals surface area contributed by atoms with Crippen molar-refractivity contribution in [3.8, 4) is 5.75 Å². The standard InChI is InChI=1S/C16H12N3O/c17-12-6-8-13(9-7-12)18-19-16-14-4-2-1-3-11(14)5-10-15(16)20/h1,3-10,20H,17H2. The predicted molar refractivity (Wildman–Crippen MR) is 79.5 cm³/mol. The van der Waals surface area contributed by atoms with Gasteiger partial charge in [0.05, 0.1) is 5.69 Å². The van der Waals surface area contributed by atoms with Gasteiger partial charge in [0.15, 0.2) is 0 Å². The van der Waals surface area contributed by atoms with Crippen molar-refractivity contribution in [3.05, 3.63) is 60.7 Å². The van der Waals surface area contributed by atoms with Crippen LogP contribution in [0.1, 0.15) is 0 Å². The minimum atomic E-state index is 0.0938. The zero-order valence-electron chi connectivity index (χ0n) is 10.6. The Morgan fingerprint density at radius 3 is 2.55 bits per heavy atom. The lowest BCUT2D eigenvalue weighted by Crippen LogP contribution is -1.80. The zero-order chi connectivity index (χ0) is 13.9. The van der Waals surface area contributed by atoms with Gasteiger partial charge in [-0.25, -0.2) is 0 Å². The highest BCUT2D eigenvalue weighted by atomic mass is 16.3. The first-order chi connectivity index (χ1) is 9.74. The number of hydrogen-bond acceptors (Lipinski definition) is 4. The maximum atomic E-state index is 9.94. The number of phenols is 1. The van der Waals surface area contributed by atoms with Crippen LogP contribution in [0.15, 0.2) is 64.8 Å². The third-order valence-electron chi connectivity index (χ3n) is 2.97. The highest BCUT2D eigenvalue weighted by molar-refractivity contribution is 5.95. The van der Waals surface area contributed by atoms with Gasteiger partial charge >= 0.3 is 0 Å². The summed E-state index contributed by atoms with van der Waals surface area (Å²) in [5.41, 5.74) is 7.41. The van der Waals surface area contributed by atoms with Crippen molar-refractivity contribution in [2.45, 2.75) is 0 Å². The average Bonchev–Trinajstić information content (AvgIpc) is 2.48. The van der Waals surface area contributed by atoms with E-state index >= 15 is 0 Å². The number of azo groups is 1. The van der Waals surface area contributed by atoms with Crippen molar-refractivity contribution in [2.75, 3.05) is 5.73 Å². The molecule has 0 aliphatic heterocycles. The van der Waals surface area contributed by atoms with E-state index < -0.39 is 0 Å². The fourth-order valence-corrected chi connectivity index (χ4v) is 1.93. The molecule has 97 valence electrons. The summed E-state index contributed by atoms with van der Waals surface area (Å²) < 4.78 is 0. The molecule has 20 heavy (non-hydrogen) atoms. The lowest BCUT2D eigenvalue weighted by Gasteiger charge is -2.03. The molecule has 0 bridgehead atoms. The Morgan fingerprint density at radius 1 is 0.950 bits per heavy atom. The van der Waals surface area contributed by atoms with Crippen molar-refractivity contribution < 1.29 is 5.11 Å². The van der Waals surface area contributed by atoms with Gasteiger partial charge < -0.3 is 10.8 Å². The zero-order valence-corrected chi connectivity index (χ0v) is 10.6. The SMILES string of the molecule is Nc1ccc(N=Nc2c(O)ccc3cc[c]cc23)cc1. The monoisotopic (exact) mass is 262 g/mol. The first-order valence-corrected chi connectivity index (χ1v) is 6.13. The van der Waals surface area contributed by atoms with Crippen LogP contribution >= 0.6 is 0 Å². The number of nitrogens with two attached hydrogens (primary N) is 1. The van der Waals surface area contributed by atoms with Gasteiger partial charge in [-0.15, -0.1) is 5.11 Å². The molecule has 0 unspecified atom stereocenters. The molecule has 0 saturated heterocycles. The van der Waals surface area contributed by atoms with E-state index in [1.807, 2.05) is 18.2 Å². The van der Waals surface area contributed by atoms with Crippen molar-refractivity contribution in [3.63, 3.8) is 0 Å². The van der Waals surface area contributed by atoms with Crippen LogP contribution in [0.3, 0.4) is 0 Å². The fraction of sp³-hybridized carbons (Fsp3) is 0. The Morgan fingerprint density at radius 2 is 1.75 bits per heavy atom. The van der Waals surface area contributed by atoms with Crippen LogP contribution in [0.4, 0.5) is 17.1 Å². The number of nitrogens with zero attached hydrogens (tertiary/aromatic N) is 2. The van der Waals surface area contributed by atoms with Gasteiger partial charge in [0.1, 0.15) is 11.4 Å². The number of benzene rings is 3. The summed E-state index contributed by atoms with van der Waals surface area (Å²) in [6.45, 7) is 0. The average molecular weight is 262 g/mol. The van der Waals surface area contributed by atoms with Crippen LogP contribution < -0.4 is 5.73 Å². The molecular formula is C16H12N3O. The molecule has 3 rings (SSSR count). The largest absolute Gasteiger partial charge is 0.506 e. The van der Waals surface area contributed by atoms with Crippen LogP contribution in [0.25, 0.3) is 10.8 Å². The van der Waals surface area contributed by atoms with Gasteiger partial charge in [0, 0.05) is 11.1 Å². The molecule has 0 atom stereocenters. The molecule has 3 aromatic rings. The van der Waals surface area contributed by atoms with E-state index in [9.17, 15) is 5.11 Å². The van der Waals surface area contributed by atoms with Crippen LogP contribution in [0.2, 0.25) is 0 Å². The summed E-state index contributed by atoms with van der Waals surface area (Å²) in [5.74, 6) is 0.0938. The molecule has 0 aliphatic rings. The first-order valence-electron chi connectivity index (χ1n) is 6.13. The first kappa shape index (κ1) is 12.2. The number of hydrogen-bond donors (Lipinski definition) is 2. The lowest BCUT2D eigenvalue weighted by molar-refractivity contribution is 0.477. The van der Waals surface area contributed by atoms with Gasteiger partial charge in [0.25, 0.3) is 0 Å². The van der Waals surface area contributed by atoms with E-state index in [1.54, 1.807) is 36.4 Å². The molecule has 4 nitrogen and oxygen atoms in total. The number of phenolic OH excluding ortho intramolecular Hbond substituents is 1. The molecule has 0 aliphatic carbocycles. The molecule has 0 aromatic heterocycles. The fourth-order valence-electron chi connectivity index (χ4n) is 1.93. The van der Waals surface area contributed by atoms with Crippen molar-refractivity contribution in [1.29, 1.82) is 0 Å². The molecule has 0 spiro atoms. The molecule has 0 fully saturated rings. The van der Waals surface area contributed by atoms with E-state index in [0.29, 0.717) is 17.1 Å². The van der Waals surface area contributed by atoms with Crippen LogP contribution in [-0.2, 0) is 0 Å². The van der Waals surface area contributed by atoms with E-state index in [0.717, 1.165) is 10.8 Å². The maximum absolute atomic E-state index is 9.94. The van der Waals surface area contributed by atoms with Gasteiger partial charge in [-0.3, -0.25) is 0 Å². The maximum Gasteiger partial charge on any atom is 0.143 e.